The maximum absolute atomic E-state index is 5.96. The summed E-state index contributed by atoms with van der Waals surface area (Å²) in [5.41, 5.74) is 8.60. The first-order chi connectivity index (χ1) is 9.66. The van der Waals surface area contributed by atoms with Crippen molar-refractivity contribution in [3.63, 3.8) is 0 Å². The molecule has 0 spiro atoms. The summed E-state index contributed by atoms with van der Waals surface area (Å²) in [5.74, 6) is 1.02. The van der Waals surface area contributed by atoms with Crippen LogP contribution < -0.4 is 5.73 Å². The van der Waals surface area contributed by atoms with Crippen LogP contribution in [0, 0.1) is 3.57 Å². The van der Waals surface area contributed by atoms with Crippen LogP contribution in [-0.4, -0.2) is 10.1 Å². The molecule has 2 N–H and O–H groups in total. The van der Waals surface area contributed by atoms with Gasteiger partial charge in [0.25, 0.3) is 0 Å². The molecule has 0 aliphatic carbocycles. The van der Waals surface area contributed by atoms with Gasteiger partial charge in [0.2, 0.25) is 0 Å². The zero-order chi connectivity index (χ0) is 14.1. The summed E-state index contributed by atoms with van der Waals surface area (Å²) in [6, 6.07) is 9.78. The van der Waals surface area contributed by atoms with E-state index in [0.717, 1.165) is 24.7 Å². The molecule has 1 aromatic carbocycles. The highest BCUT2D eigenvalue weighted by Crippen LogP contribution is 2.39. The molecule has 6 heteroatoms. The predicted molar refractivity (Wildman–Crippen MR) is 90.0 cm³/mol. The van der Waals surface area contributed by atoms with E-state index in [4.69, 9.17) is 10.3 Å². The van der Waals surface area contributed by atoms with Gasteiger partial charge in [-0.05, 0) is 58.5 Å². The van der Waals surface area contributed by atoms with Gasteiger partial charge >= 0.3 is 0 Å². The van der Waals surface area contributed by atoms with Gasteiger partial charge in [-0.1, -0.05) is 21.1 Å². The lowest BCUT2D eigenvalue weighted by Gasteiger charge is -2.05. The van der Waals surface area contributed by atoms with Crippen LogP contribution >= 0.6 is 38.5 Å². The van der Waals surface area contributed by atoms with E-state index in [0.29, 0.717) is 11.6 Å². The number of anilines is 1. The van der Waals surface area contributed by atoms with Crippen molar-refractivity contribution in [1.82, 2.24) is 10.1 Å². The molecule has 100 valence electrons. The Morgan fingerprint density at radius 2 is 1.90 bits per heavy atom. The molecule has 2 heterocycles. The fourth-order valence-corrected chi connectivity index (χ4v) is 2.87. The molecule has 20 heavy (non-hydrogen) atoms. The zero-order valence-electron chi connectivity index (χ0n) is 10.2. The Hall–Kier alpha value is -1.41. The Kier molecular flexibility index (Phi) is 3.75. The molecule has 0 radical (unpaired) electrons. The molecule has 0 aliphatic rings. The van der Waals surface area contributed by atoms with Gasteiger partial charge < -0.3 is 10.3 Å². The molecule has 0 unspecified atom stereocenters. The molecule has 0 saturated carbocycles. The minimum Gasteiger partial charge on any atom is -0.380 e. The standard InChI is InChI=1S/C14H9BrIN3O/c15-11-2-1-9(16)7-10(11)13-12(14(17)19-20-13)8-3-5-18-6-4-8/h1-7H,(H2,17,19). The van der Waals surface area contributed by atoms with Crippen LogP contribution in [0.25, 0.3) is 22.5 Å². The second-order valence-corrected chi connectivity index (χ2v) is 6.23. The minimum atomic E-state index is 0.372. The SMILES string of the molecule is Nc1noc(-c2cc(I)ccc2Br)c1-c1ccncc1. The Balaban J connectivity index is 2.24. The molecule has 0 bridgehead atoms. The van der Waals surface area contributed by atoms with Crippen LogP contribution in [0.4, 0.5) is 5.82 Å². The minimum absolute atomic E-state index is 0.372. The summed E-state index contributed by atoms with van der Waals surface area (Å²) in [5, 5.41) is 3.90. The molecular formula is C14H9BrIN3O. The van der Waals surface area contributed by atoms with Gasteiger partial charge in [-0.15, -0.1) is 0 Å². The molecule has 0 saturated heterocycles. The van der Waals surface area contributed by atoms with Gasteiger partial charge in [0, 0.05) is 26.0 Å². The molecule has 0 atom stereocenters. The molecular weight excluding hydrogens is 433 g/mol. The van der Waals surface area contributed by atoms with Crippen molar-refractivity contribution in [2.75, 3.05) is 5.73 Å². The summed E-state index contributed by atoms with van der Waals surface area (Å²) in [6.45, 7) is 0. The predicted octanol–water partition coefficient (Wildman–Crippen LogP) is 4.35. The maximum atomic E-state index is 5.96. The van der Waals surface area contributed by atoms with Crippen LogP contribution in [0.2, 0.25) is 0 Å². The first-order valence-electron chi connectivity index (χ1n) is 5.78. The molecule has 3 aromatic rings. The van der Waals surface area contributed by atoms with Gasteiger partial charge in [0.1, 0.15) is 0 Å². The molecule has 3 rings (SSSR count). The van der Waals surface area contributed by atoms with Crippen LogP contribution in [0.3, 0.4) is 0 Å². The van der Waals surface area contributed by atoms with Crippen molar-refractivity contribution < 1.29 is 4.52 Å². The Labute approximate surface area is 137 Å². The number of hydrogen-bond acceptors (Lipinski definition) is 4. The lowest BCUT2D eigenvalue weighted by molar-refractivity contribution is 0.436. The van der Waals surface area contributed by atoms with Crippen LogP contribution in [-0.2, 0) is 0 Å². The van der Waals surface area contributed by atoms with Gasteiger partial charge in [-0.3, -0.25) is 4.98 Å². The first-order valence-corrected chi connectivity index (χ1v) is 7.65. The fourth-order valence-electron chi connectivity index (χ4n) is 1.96. The smallest absolute Gasteiger partial charge is 0.178 e. The summed E-state index contributed by atoms with van der Waals surface area (Å²) < 4.78 is 7.49. The quantitative estimate of drug-likeness (QED) is 0.600. The van der Waals surface area contributed by atoms with Crippen LogP contribution in [0.5, 0.6) is 0 Å². The monoisotopic (exact) mass is 441 g/mol. The summed E-state index contributed by atoms with van der Waals surface area (Å²) >= 11 is 5.80. The Morgan fingerprint density at radius 1 is 1.15 bits per heavy atom. The summed E-state index contributed by atoms with van der Waals surface area (Å²) in [4.78, 5) is 4.02. The number of pyridine rings is 1. The number of benzene rings is 1. The molecule has 2 aromatic heterocycles. The zero-order valence-corrected chi connectivity index (χ0v) is 13.9. The lowest BCUT2D eigenvalue weighted by atomic mass is 10.0. The maximum Gasteiger partial charge on any atom is 0.178 e. The molecule has 0 fully saturated rings. The number of nitrogens with zero attached hydrogens (tertiary/aromatic N) is 2. The van der Waals surface area contributed by atoms with Crippen molar-refractivity contribution in [3.05, 3.63) is 50.8 Å². The Bertz CT molecular complexity index is 758. The van der Waals surface area contributed by atoms with Crippen molar-refractivity contribution >= 4 is 44.3 Å². The second-order valence-electron chi connectivity index (χ2n) is 4.13. The Morgan fingerprint density at radius 3 is 2.65 bits per heavy atom. The van der Waals surface area contributed by atoms with E-state index < -0.39 is 0 Å². The number of aromatic nitrogens is 2. The van der Waals surface area contributed by atoms with Gasteiger partial charge in [-0.2, -0.15) is 0 Å². The second kappa shape index (κ2) is 5.53. The third-order valence-corrected chi connectivity index (χ3v) is 4.22. The number of hydrogen-bond donors (Lipinski definition) is 1. The number of nitrogen functional groups attached to an aromatic ring is 1. The molecule has 0 amide bonds. The van der Waals surface area contributed by atoms with E-state index >= 15 is 0 Å². The van der Waals surface area contributed by atoms with E-state index in [-0.39, 0.29) is 0 Å². The summed E-state index contributed by atoms with van der Waals surface area (Å²) in [7, 11) is 0. The largest absolute Gasteiger partial charge is 0.380 e. The third-order valence-electron chi connectivity index (χ3n) is 2.86. The van der Waals surface area contributed by atoms with Crippen molar-refractivity contribution in [2.24, 2.45) is 0 Å². The topological polar surface area (TPSA) is 64.9 Å². The highest BCUT2D eigenvalue weighted by atomic mass is 127. The van der Waals surface area contributed by atoms with Gasteiger partial charge in [0.05, 0.1) is 5.56 Å². The highest BCUT2D eigenvalue weighted by molar-refractivity contribution is 14.1. The molecule has 4 nitrogen and oxygen atoms in total. The normalized spacial score (nSPS) is 10.7. The van der Waals surface area contributed by atoms with Crippen molar-refractivity contribution in [2.45, 2.75) is 0 Å². The average molecular weight is 442 g/mol. The first kappa shape index (κ1) is 13.6. The lowest BCUT2D eigenvalue weighted by Crippen LogP contribution is -1.89. The highest BCUT2D eigenvalue weighted by Gasteiger charge is 2.19. The summed E-state index contributed by atoms with van der Waals surface area (Å²) in [6.07, 6.45) is 3.44. The van der Waals surface area contributed by atoms with Gasteiger partial charge in [0.15, 0.2) is 11.6 Å². The van der Waals surface area contributed by atoms with Crippen LogP contribution in [0.1, 0.15) is 0 Å². The molecule has 0 aliphatic heterocycles. The van der Waals surface area contributed by atoms with Crippen molar-refractivity contribution in [3.8, 4) is 22.5 Å². The average Bonchev–Trinajstić information content (AvgIpc) is 2.84. The van der Waals surface area contributed by atoms with E-state index in [1.807, 2.05) is 30.3 Å². The van der Waals surface area contributed by atoms with E-state index in [2.05, 4.69) is 48.7 Å². The van der Waals surface area contributed by atoms with Gasteiger partial charge in [-0.25, -0.2) is 0 Å². The van der Waals surface area contributed by atoms with E-state index in [1.54, 1.807) is 12.4 Å². The van der Waals surface area contributed by atoms with Crippen molar-refractivity contribution in [1.29, 1.82) is 0 Å². The fraction of sp³-hybridized carbons (Fsp3) is 0. The van der Waals surface area contributed by atoms with Crippen LogP contribution in [0.15, 0.2) is 51.7 Å². The number of rotatable bonds is 2. The third kappa shape index (κ3) is 2.45. The van der Waals surface area contributed by atoms with E-state index in [9.17, 15) is 0 Å². The number of nitrogens with two attached hydrogens (primary N) is 1. The number of halogens is 2. The van der Waals surface area contributed by atoms with E-state index in [1.165, 1.54) is 0 Å².